The molecule has 0 radical (unpaired) electrons. The number of esters is 1. The van der Waals surface area contributed by atoms with Gasteiger partial charge in [-0.3, -0.25) is 4.79 Å². The van der Waals surface area contributed by atoms with E-state index in [0.29, 0.717) is 36.4 Å². The van der Waals surface area contributed by atoms with Crippen LogP contribution < -0.4 is 9.47 Å². The van der Waals surface area contributed by atoms with Crippen molar-refractivity contribution in [3.05, 3.63) is 59.7 Å². The number of carbonyl (C=O) groups excluding carboxylic acids is 2. The molecular weight excluding hydrogens is 370 g/mol. The summed E-state index contributed by atoms with van der Waals surface area (Å²) in [6.07, 6.45) is 3.00. The van der Waals surface area contributed by atoms with E-state index in [1.807, 2.05) is 36.4 Å². The number of hydrogen-bond donors (Lipinski definition) is 0. The number of piperidine rings is 1. The van der Waals surface area contributed by atoms with Crippen LogP contribution in [0.1, 0.15) is 35.2 Å². The molecule has 0 saturated carbocycles. The summed E-state index contributed by atoms with van der Waals surface area (Å²) < 4.78 is 16.1. The summed E-state index contributed by atoms with van der Waals surface area (Å²) in [5.41, 5.74) is 1.58. The fourth-order valence-corrected chi connectivity index (χ4v) is 3.57. The Balaban J connectivity index is 1.59. The second kappa shape index (κ2) is 9.96. The molecule has 2 aromatic carbocycles. The first-order valence-corrected chi connectivity index (χ1v) is 9.87. The number of methoxy groups -OCH3 is 2. The predicted molar refractivity (Wildman–Crippen MR) is 109 cm³/mol. The van der Waals surface area contributed by atoms with Crippen molar-refractivity contribution in [2.45, 2.75) is 31.7 Å². The highest BCUT2D eigenvalue weighted by molar-refractivity contribution is 5.96. The van der Waals surface area contributed by atoms with E-state index in [1.165, 1.54) is 0 Å². The molecule has 0 spiro atoms. The molecule has 154 valence electrons. The Morgan fingerprint density at radius 2 is 1.76 bits per heavy atom. The van der Waals surface area contributed by atoms with E-state index in [0.717, 1.165) is 18.4 Å². The number of benzene rings is 2. The minimum Gasteiger partial charge on any atom is -0.493 e. The zero-order valence-electron chi connectivity index (χ0n) is 16.9. The third kappa shape index (κ3) is 5.08. The van der Waals surface area contributed by atoms with Crippen molar-refractivity contribution < 1.29 is 23.8 Å². The number of rotatable bonds is 7. The smallest absolute Gasteiger partial charge is 0.328 e. The first-order chi connectivity index (χ1) is 14.1. The van der Waals surface area contributed by atoms with Gasteiger partial charge in [0.05, 0.1) is 20.8 Å². The Morgan fingerprint density at radius 1 is 1.00 bits per heavy atom. The van der Waals surface area contributed by atoms with Crippen molar-refractivity contribution in [2.75, 3.05) is 27.4 Å². The van der Waals surface area contributed by atoms with Gasteiger partial charge < -0.3 is 19.1 Å². The predicted octanol–water partition coefficient (Wildman–Crippen LogP) is 3.48. The molecule has 0 aromatic heterocycles. The summed E-state index contributed by atoms with van der Waals surface area (Å²) >= 11 is 0. The van der Waals surface area contributed by atoms with Crippen molar-refractivity contribution >= 4 is 11.9 Å². The summed E-state index contributed by atoms with van der Waals surface area (Å²) in [5, 5.41) is 0. The van der Waals surface area contributed by atoms with Gasteiger partial charge in [-0.2, -0.15) is 0 Å². The van der Waals surface area contributed by atoms with Crippen LogP contribution in [0.25, 0.3) is 0 Å². The molecule has 1 unspecified atom stereocenters. The highest BCUT2D eigenvalue weighted by Crippen LogP contribution is 2.28. The average molecular weight is 397 g/mol. The lowest BCUT2D eigenvalue weighted by molar-refractivity contribution is -0.150. The summed E-state index contributed by atoms with van der Waals surface area (Å²) in [6, 6.07) is 14.2. The quantitative estimate of drug-likeness (QED) is 0.669. The van der Waals surface area contributed by atoms with Crippen LogP contribution in [-0.4, -0.2) is 50.2 Å². The molecule has 6 nitrogen and oxygen atoms in total. The fraction of sp³-hybridized carbons (Fsp3) is 0.391. The molecule has 1 amide bonds. The van der Waals surface area contributed by atoms with Crippen LogP contribution >= 0.6 is 0 Å². The second-order valence-corrected chi connectivity index (χ2v) is 6.98. The Morgan fingerprint density at radius 3 is 2.48 bits per heavy atom. The molecule has 1 aliphatic rings. The maximum absolute atomic E-state index is 12.8. The molecule has 29 heavy (non-hydrogen) atoms. The lowest BCUT2D eigenvalue weighted by atomic mass is 10.0. The van der Waals surface area contributed by atoms with Crippen LogP contribution in [0.2, 0.25) is 0 Å². The van der Waals surface area contributed by atoms with Gasteiger partial charge >= 0.3 is 5.97 Å². The van der Waals surface area contributed by atoms with Gasteiger partial charge in [0.15, 0.2) is 11.5 Å². The maximum atomic E-state index is 12.8. The van der Waals surface area contributed by atoms with Gasteiger partial charge in [0.1, 0.15) is 6.04 Å². The monoisotopic (exact) mass is 397 g/mol. The van der Waals surface area contributed by atoms with Crippen molar-refractivity contribution in [2.24, 2.45) is 0 Å². The highest BCUT2D eigenvalue weighted by Gasteiger charge is 2.33. The summed E-state index contributed by atoms with van der Waals surface area (Å²) in [7, 11) is 3.18. The Bertz CT molecular complexity index is 836. The third-order valence-corrected chi connectivity index (χ3v) is 5.14. The second-order valence-electron chi connectivity index (χ2n) is 6.98. The standard InChI is InChI=1S/C23H27NO5/c1-27-20-12-11-17(16-21(20)28-2)13-15-29-23(26)19-10-6-7-14-24(19)22(25)18-8-4-3-5-9-18/h3-5,8-9,11-12,16,19H,6-7,10,13-15H2,1-2H3. The van der Waals surface area contributed by atoms with Gasteiger partial charge in [-0.15, -0.1) is 0 Å². The van der Waals surface area contributed by atoms with E-state index >= 15 is 0 Å². The van der Waals surface area contributed by atoms with E-state index in [1.54, 1.807) is 31.3 Å². The summed E-state index contributed by atoms with van der Waals surface area (Å²) in [4.78, 5) is 27.2. The van der Waals surface area contributed by atoms with Crippen molar-refractivity contribution in [3.63, 3.8) is 0 Å². The van der Waals surface area contributed by atoms with Crippen LogP contribution in [0, 0.1) is 0 Å². The first-order valence-electron chi connectivity index (χ1n) is 9.87. The van der Waals surface area contributed by atoms with Gasteiger partial charge in [0, 0.05) is 18.5 Å². The van der Waals surface area contributed by atoms with Crippen LogP contribution in [0.4, 0.5) is 0 Å². The SMILES string of the molecule is COc1ccc(CCOC(=O)C2CCCCN2C(=O)c2ccccc2)cc1OC. The minimum atomic E-state index is -0.526. The Labute approximate surface area is 171 Å². The molecule has 6 heteroatoms. The zero-order valence-corrected chi connectivity index (χ0v) is 16.9. The number of nitrogens with zero attached hydrogens (tertiary/aromatic N) is 1. The maximum Gasteiger partial charge on any atom is 0.328 e. The lowest BCUT2D eigenvalue weighted by Gasteiger charge is -2.34. The van der Waals surface area contributed by atoms with Crippen LogP contribution in [0.5, 0.6) is 11.5 Å². The first kappa shape index (κ1) is 20.7. The van der Waals surface area contributed by atoms with Crippen molar-refractivity contribution in [1.82, 2.24) is 4.90 Å². The largest absolute Gasteiger partial charge is 0.493 e. The summed E-state index contributed by atoms with van der Waals surface area (Å²) in [5.74, 6) is 0.843. The number of amides is 1. The minimum absolute atomic E-state index is 0.118. The van der Waals surface area contributed by atoms with Crippen LogP contribution in [0.3, 0.4) is 0 Å². The molecule has 2 aromatic rings. The van der Waals surface area contributed by atoms with E-state index in [4.69, 9.17) is 14.2 Å². The Kier molecular flexibility index (Phi) is 7.11. The average Bonchev–Trinajstić information content (AvgIpc) is 2.79. The van der Waals surface area contributed by atoms with Gasteiger partial charge in [-0.1, -0.05) is 24.3 Å². The van der Waals surface area contributed by atoms with Crippen LogP contribution in [-0.2, 0) is 16.0 Å². The number of ether oxygens (including phenoxy) is 3. The van der Waals surface area contributed by atoms with Crippen LogP contribution in [0.15, 0.2) is 48.5 Å². The molecule has 3 rings (SSSR count). The summed E-state index contributed by atoms with van der Waals surface area (Å²) in [6.45, 7) is 0.821. The number of likely N-dealkylation sites (tertiary alicyclic amines) is 1. The lowest BCUT2D eigenvalue weighted by Crippen LogP contribution is -2.48. The van der Waals surface area contributed by atoms with E-state index in [2.05, 4.69) is 0 Å². The van der Waals surface area contributed by atoms with E-state index in [-0.39, 0.29) is 18.5 Å². The molecule has 0 aliphatic carbocycles. The molecular formula is C23H27NO5. The van der Waals surface area contributed by atoms with Gasteiger partial charge in [-0.05, 0) is 49.1 Å². The fourth-order valence-electron chi connectivity index (χ4n) is 3.57. The number of carbonyl (C=O) groups is 2. The van der Waals surface area contributed by atoms with E-state index in [9.17, 15) is 9.59 Å². The third-order valence-electron chi connectivity index (χ3n) is 5.14. The molecule has 0 N–H and O–H groups in total. The van der Waals surface area contributed by atoms with Gasteiger partial charge in [-0.25, -0.2) is 4.79 Å². The molecule has 1 fully saturated rings. The molecule has 1 heterocycles. The molecule has 1 aliphatic heterocycles. The Hall–Kier alpha value is -3.02. The molecule has 0 bridgehead atoms. The van der Waals surface area contributed by atoms with Gasteiger partial charge in [0.25, 0.3) is 5.91 Å². The van der Waals surface area contributed by atoms with Gasteiger partial charge in [0.2, 0.25) is 0 Å². The van der Waals surface area contributed by atoms with E-state index < -0.39 is 6.04 Å². The topological polar surface area (TPSA) is 65.1 Å². The highest BCUT2D eigenvalue weighted by atomic mass is 16.5. The normalized spacial score (nSPS) is 16.2. The molecule has 1 atom stereocenters. The van der Waals surface area contributed by atoms with Crippen molar-refractivity contribution in [1.29, 1.82) is 0 Å². The van der Waals surface area contributed by atoms with Crippen molar-refractivity contribution in [3.8, 4) is 11.5 Å². The molecule has 1 saturated heterocycles. The zero-order chi connectivity index (χ0) is 20.6. The number of hydrogen-bond acceptors (Lipinski definition) is 5.